The third kappa shape index (κ3) is 5.08. The van der Waals surface area contributed by atoms with Crippen molar-refractivity contribution >= 4 is 21.8 Å². The first-order valence-corrected chi connectivity index (χ1v) is 6.86. The van der Waals surface area contributed by atoms with Gasteiger partial charge in [0, 0.05) is 6.54 Å². The monoisotopic (exact) mass is 330 g/mol. The lowest BCUT2D eigenvalue weighted by molar-refractivity contribution is -0.117. The SMILES string of the molecule is CCCOc1c(Br)cc(CNCC(N)=O)cc1OC. The Morgan fingerprint density at radius 3 is 2.79 bits per heavy atom. The number of nitrogens with two attached hydrogens (primary N) is 1. The molecule has 0 radical (unpaired) electrons. The molecule has 0 spiro atoms. The summed E-state index contributed by atoms with van der Waals surface area (Å²) >= 11 is 3.47. The second-order valence-electron chi connectivity index (χ2n) is 4.03. The molecule has 0 atom stereocenters. The second kappa shape index (κ2) is 8.01. The number of ether oxygens (including phenoxy) is 2. The molecule has 106 valence electrons. The molecule has 0 aromatic heterocycles. The smallest absolute Gasteiger partial charge is 0.231 e. The molecule has 1 aromatic rings. The average molecular weight is 331 g/mol. The van der Waals surface area contributed by atoms with Gasteiger partial charge in [-0.1, -0.05) is 6.92 Å². The van der Waals surface area contributed by atoms with Crippen LogP contribution in [-0.4, -0.2) is 26.2 Å². The molecule has 0 bridgehead atoms. The van der Waals surface area contributed by atoms with Gasteiger partial charge in [0.1, 0.15) is 0 Å². The molecule has 1 rings (SSSR count). The summed E-state index contributed by atoms with van der Waals surface area (Å²) in [7, 11) is 1.60. The van der Waals surface area contributed by atoms with E-state index in [-0.39, 0.29) is 12.5 Å². The highest BCUT2D eigenvalue weighted by atomic mass is 79.9. The van der Waals surface area contributed by atoms with Gasteiger partial charge in [0.15, 0.2) is 11.5 Å². The Morgan fingerprint density at radius 1 is 1.47 bits per heavy atom. The lowest BCUT2D eigenvalue weighted by atomic mass is 10.2. The van der Waals surface area contributed by atoms with E-state index in [2.05, 4.69) is 21.2 Å². The summed E-state index contributed by atoms with van der Waals surface area (Å²) in [4.78, 5) is 10.7. The maximum absolute atomic E-state index is 10.7. The summed E-state index contributed by atoms with van der Waals surface area (Å²) in [5.74, 6) is 0.982. The van der Waals surface area contributed by atoms with Crippen molar-refractivity contribution in [3.8, 4) is 11.5 Å². The first kappa shape index (κ1) is 15.8. The van der Waals surface area contributed by atoms with E-state index in [0.717, 1.165) is 16.5 Å². The van der Waals surface area contributed by atoms with E-state index in [1.807, 2.05) is 19.1 Å². The zero-order valence-corrected chi connectivity index (χ0v) is 12.7. The number of hydrogen-bond acceptors (Lipinski definition) is 4. The van der Waals surface area contributed by atoms with Crippen molar-refractivity contribution in [3.05, 3.63) is 22.2 Å². The van der Waals surface area contributed by atoms with Gasteiger partial charge >= 0.3 is 0 Å². The van der Waals surface area contributed by atoms with E-state index in [1.54, 1.807) is 7.11 Å². The zero-order chi connectivity index (χ0) is 14.3. The Bertz CT molecular complexity index is 438. The number of methoxy groups -OCH3 is 1. The molecular formula is C13H19BrN2O3. The van der Waals surface area contributed by atoms with Crippen LogP contribution < -0.4 is 20.5 Å². The van der Waals surface area contributed by atoms with E-state index in [9.17, 15) is 4.79 Å². The number of hydrogen-bond donors (Lipinski definition) is 2. The van der Waals surface area contributed by atoms with Crippen LogP contribution in [0.5, 0.6) is 11.5 Å². The van der Waals surface area contributed by atoms with Gasteiger partial charge in [0.05, 0.1) is 24.7 Å². The van der Waals surface area contributed by atoms with Crippen LogP contribution in [0, 0.1) is 0 Å². The molecule has 3 N–H and O–H groups in total. The molecule has 0 aliphatic carbocycles. The fourth-order valence-electron chi connectivity index (χ4n) is 1.55. The minimum absolute atomic E-state index is 0.147. The fraction of sp³-hybridized carbons (Fsp3) is 0.462. The highest BCUT2D eigenvalue weighted by Gasteiger charge is 2.11. The molecule has 0 saturated carbocycles. The molecule has 0 heterocycles. The number of amides is 1. The fourth-order valence-corrected chi connectivity index (χ4v) is 2.15. The van der Waals surface area contributed by atoms with Gasteiger partial charge < -0.3 is 20.5 Å². The largest absolute Gasteiger partial charge is 0.493 e. The van der Waals surface area contributed by atoms with Crippen LogP contribution in [0.25, 0.3) is 0 Å². The Hall–Kier alpha value is -1.27. The molecule has 1 aromatic carbocycles. The summed E-state index contributed by atoms with van der Waals surface area (Å²) in [6.07, 6.45) is 0.928. The molecule has 0 fully saturated rings. The van der Waals surface area contributed by atoms with Crippen molar-refractivity contribution in [1.82, 2.24) is 5.32 Å². The topological polar surface area (TPSA) is 73.6 Å². The molecular weight excluding hydrogens is 312 g/mol. The molecule has 5 nitrogen and oxygen atoms in total. The Balaban J connectivity index is 2.80. The van der Waals surface area contributed by atoms with Gasteiger partial charge in [-0.05, 0) is 40.0 Å². The minimum Gasteiger partial charge on any atom is -0.493 e. The number of benzene rings is 1. The van der Waals surface area contributed by atoms with Gasteiger partial charge in [0.25, 0.3) is 0 Å². The van der Waals surface area contributed by atoms with Gasteiger partial charge in [0.2, 0.25) is 5.91 Å². The third-order valence-electron chi connectivity index (χ3n) is 2.37. The number of rotatable bonds is 8. The predicted octanol–water partition coefficient (Wildman–Crippen LogP) is 1.82. The van der Waals surface area contributed by atoms with Crippen LogP contribution in [0.1, 0.15) is 18.9 Å². The van der Waals surface area contributed by atoms with E-state index in [1.165, 1.54) is 0 Å². The number of carbonyl (C=O) groups excluding carboxylic acids is 1. The van der Waals surface area contributed by atoms with Crippen LogP contribution in [0.15, 0.2) is 16.6 Å². The molecule has 0 aliphatic heterocycles. The Kier molecular flexibility index (Phi) is 6.66. The molecule has 19 heavy (non-hydrogen) atoms. The Morgan fingerprint density at radius 2 is 2.21 bits per heavy atom. The van der Waals surface area contributed by atoms with Gasteiger partial charge in [-0.25, -0.2) is 0 Å². The highest BCUT2D eigenvalue weighted by Crippen LogP contribution is 2.36. The quantitative estimate of drug-likeness (QED) is 0.762. The van der Waals surface area contributed by atoms with Gasteiger partial charge in [-0.15, -0.1) is 0 Å². The van der Waals surface area contributed by atoms with Crippen molar-refractivity contribution in [2.24, 2.45) is 5.73 Å². The van der Waals surface area contributed by atoms with Gasteiger partial charge in [-0.2, -0.15) is 0 Å². The maximum Gasteiger partial charge on any atom is 0.231 e. The van der Waals surface area contributed by atoms with E-state index in [0.29, 0.717) is 24.7 Å². The summed E-state index contributed by atoms with van der Waals surface area (Å²) in [5.41, 5.74) is 6.05. The summed E-state index contributed by atoms with van der Waals surface area (Å²) in [5, 5.41) is 2.95. The van der Waals surface area contributed by atoms with Crippen LogP contribution >= 0.6 is 15.9 Å². The lowest BCUT2D eigenvalue weighted by Gasteiger charge is -2.14. The molecule has 0 unspecified atom stereocenters. The third-order valence-corrected chi connectivity index (χ3v) is 2.96. The summed E-state index contributed by atoms with van der Waals surface area (Å²) in [6, 6.07) is 3.81. The van der Waals surface area contributed by atoms with Crippen LogP contribution in [-0.2, 0) is 11.3 Å². The van der Waals surface area contributed by atoms with Crippen LogP contribution in [0.3, 0.4) is 0 Å². The molecule has 0 saturated heterocycles. The number of nitrogens with one attached hydrogen (secondary N) is 1. The average Bonchev–Trinajstić information content (AvgIpc) is 2.36. The predicted molar refractivity (Wildman–Crippen MR) is 77.4 cm³/mol. The summed E-state index contributed by atoms with van der Waals surface area (Å²) < 4.78 is 11.8. The van der Waals surface area contributed by atoms with Crippen molar-refractivity contribution in [2.45, 2.75) is 19.9 Å². The molecule has 0 aliphatic rings. The first-order chi connectivity index (χ1) is 9.08. The number of halogens is 1. The Labute approximate surface area is 121 Å². The summed E-state index contributed by atoms with van der Waals surface area (Å²) in [6.45, 7) is 3.36. The van der Waals surface area contributed by atoms with Gasteiger partial charge in [-0.3, -0.25) is 4.79 Å². The number of carbonyl (C=O) groups is 1. The number of primary amides is 1. The minimum atomic E-state index is -0.381. The van der Waals surface area contributed by atoms with Crippen molar-refractivity contribution in [2.75, 3.05) is 20.3 Å². The normalized spacial score (nSPS) is 10.3. The molecule has 6 heteroatoms. The van der Waals surface area contributed by atoms with Crippen molar-refractivity contribution in [3.63, 3.8) is 0 Å². The molecule has 1 amide bonds. The lowest BCUT2D eigenvalue weighted by Crippen LogP contribution is -2.28. The van der Waals surface area contributed by atoms with Crippen molar-refractivity contribution in [1.29, 1.82) is 0 Å². The van der Waals surface area contributed by atoms with Crippen molar-refractivity contribution < 1.29 is 14.3 Å². The van der Waals surface area contributed by atoms with Crippen LogP contribution in [0.4, 0.5) is 0 Å². The zero-order valence-electron chi connectivity index (χ0n) is 11.2. The first-order valence-electron chi connectivity index (χ1n) is 6.06. The standard InChI is InChI=1S/C13H19BrN2O3/c1-3-4-19-13-10(14)5-9(6-11(13)18-2)7-16-8-12(15)17/h5-6,16H,3-4,7-8H2,1-2H3,(H2,15,17). The van der Waals surface area contributed by atoms with E-state index >= 15 is 0 Å². The van der Waals surface area contributed by atoms with Crippen LogP contribution in [0.2, 0.25) is 0 Å². The second-order valence-corrected chi connectivity index (χ2v) is 4.88. The highest BCUT2D eigenvalue weighted by molar-refractivity contribution is 9.10. The van der Waals surface area contributed by atoms with E-state index < -0.39 is 0 Å². The maximum atomic E-state index is 10.7. The van der Waals surface area contributed by atoms with E-state index in [4.69, 9.17) is 15.2 Å².